The van der Waals surface area contributed by atoms with E-state index in [2.05, 4.69) is 5.32 Å². The molecule has 0 heterocycles. The van der Waals surface area contributed by atoms with Crippen LogP contribution in [0.3, 0.4) is 0 Å². The molecule has 0 aliphatic heterocycles. The molecule has 2 amide bonds. The number of aryl methyl sites for hydroxylation is 3. The lowest BCUT2D eigenvalue weighted by Crippen LogP contribution is -2.55. The summed E-state index contributed by atoms with van der Waals surface area (Å²) in [6.45, 7) is 5.54. The Morgan fingerprint density at radius 3 is 2.17 bits per heavy atom. The van der Waals surface area contributed by atoms with Crippen LogP contribution in [-0.4, -0.2) is 50.0 Å². The summed E-state index contributed by atoms with van der Waals surface area (Å²) in [6.07, 6.45) is 6.58. The first-order chi connectivity index (χ1) is 20.0. The second-order valence-corrected chi connectivity index (χ2v) is 13.5. The van der Waals surface area contributed by atoms with Gasteiger partial charge >= 0.3 is 0 Å². The average Bonchev–Trinajstić information content (AvgIpc) is 2.94. The number of hydrogen-bond donors (Lipinski definition) is 1. The summed E-state index contributed by atoms with van der Waals surface area (Å²) in [4.78, 5) is 29.9. The van der Waals surface area contributed by atoms with E-state index in [1.807, 2.05) is 87.5 Å². The molecular weight excluding hydrogens is 546 g/mol. The molecule has 0 radical (unpaired) electrons. The van der Waals surface area contributed by atoms with Gasteiger partial charge in [0, 0.05) is 19.0 Å². The number of nitrogens with zero attached hydrogens (tertiary/aromatic N) is 2. The van der Waals surface area contributed by atoms with Gasteiger partial charge in [-0.3, -0.25) is 13.9 Å². The van der Waals surface area contributed by atoms with E-state index in [4.69, 9.17) is 0 Å². The first-order valence-electron chi connectivity index (χ1n) is 14.8. The van der Waals surface area contributed by atoms with Crippen molar-refractivity contribution < 1.29 is 18.0 Å². The second kappa shape index (κ2) is 14.0. The second-order valence-electron chi connectivity index (χ2n) is 11.6. The van der Waals surface area contributed by atoms with Crippen LogP contribution in [0.2, 0.25) is 0 Å². The summed E-state index contributed by atoms with van der Waals surface area (Å²) in [5.74, 6) is -0.634. The van der Waals surface area contributed by atoms with E-state index in [9.17, 15) is 18.0 Å². The molecule has 0 unspecified atom stereocenters. The molecule has 1 aliphatic rings. The summed E-state index contributed by atoms with van der Waals surface area (Å²) < 4.78 is 27.3. The third-order valence-electron chi connectivity index (χ3n) is 7.96. The molecule has 42 heavy (non-hydrogen) atoms. The van der Waals surface area contributed by atoms with Crippen molar-refractivity contribution in [1.82, 2.24) is 10.2 Å². The lowest BCUT2D eigenvalue weighted by atomic mass is 9.94. The lowest BCUT2D eigenvalue weighted by Gasteiger charge is -2.35. The quantitative estimate of drug-likeness (QED) is 0.322. The molecule has 1 atom stereocenters. The highest BCUT2D eigenvalue weighted by Crippen LogP contribution is 2.25. The minimum absolute atomic E-state index is 0.0724. The molecule has 0 aromatic heterocycles. The third kappa shape index (κ3) is 8.44. The Morgan fingerprint density at radius 2 is 1.52 bits per heavy atom. The van der Waals surface area contributed by atoms with Gasteiger partial charge in [-0.15, -0.1) is 0 Å². The number of carbonyl (C=O) groups is 2. The molecule has 0 saturated heterocycles. The lowest BCUT2D eigenvalue weighted by molar-refractivity contribution is -0.140. The topological polar surface area (TPSA) is 86.8 Å². The molecule has 0 spiro atoms. The highest BCUT2D eigenvalue weighted by atomic mass is 32.2. The highest BCUT2D eigenvalue weighted by molar-refractivity contribution is 7.92. The number of hydrogen-bond acceptors (Lipinski definition) is 4. The maximum atomic E-state index is 14.3. The average molecular weight is 590 g/mol. The number of rotatable bonds is 11. The van der Waals surface area contributed by atoms with Crippen molar-refractivity contribution >= 4 is 27.5 Å². The molecule has 4 rings (SSSR count). The monoisotopic (exact) mass is 589 g/mol. The molecule has 3 aromatic carbocycles. The molecule has 1 fully saturated rings. The Morgan fingerprint density at radius 1 is 0.857 bits per heavy atom. The predicted octanol–water partition coefficient (Wildman–Crippen LogP) is 5.47. The molecule has 1 N–H and O–H groups in total. The fraction of sp³-hybridized carbons (Fsp3) is 0.412. The Hall–Kier alpha value is -3.65. The Bertz CT molecular complexity index is 1480. The zero-order valence-corrected chi connectivity index (χ0v) is 26.0. The number of nitrogens with one attached hydrogen (secondary N) is 1. The fourth-order valence-electron chi connectivity index (χ4n) is 5.79. The van der Waals surface area contributed by atoms with Crippen molar-refractivity contribution in [3.05, 3.63) is 101 Å². The van der Waals surface area contributed by atoms with Gasteiger partial charge in [0.15, 0.2) is 0 Å². The molecule has 1 aliphatic carbocycles. The van der Waals surface area contributed by atoms with Crippen LogP contribution >= 0.6 is 0 Å². The van der Waals surface area contributed by atoms with Gasteiger partial charge in [-0.05, 0) is 56.4 Å². The van der Waals surface area contributed by atoms with Crippen LogP contribution in [0.15, 0.2) is 72.8 Å². The van der Waals surface area contributed by atoms with Crippen molar-refractivity contribution in [2.45, 2.75) is 77.9 Å². The van der Waals surface area contributed by atoms with Crippen molar-refractivity contribution in [2.75, 3.05) is 17.1 Å². The van der Waals surface area contributed by atoms with Crippen molar-refractivity contribution in [3.8, 4) is 0 Å². The molecule has 8 heteroatoms. The molecule has 224 valence electrons. The molecule has 0 bridgehead atoms. The van der Waals surface area contributed by atoms with E-state index >= 15 is 0 Å². The largest absolute Gasteiger partial charge is 0.352 e. The fourth-order valence-corrected chi connectivity index (χ4v) is 6.69. The van der Waals surface area contributed by atoms with E-state index in [1.54, 1.807) is 11.0 Å². The summed E-state index contributed by atoms with van der Waals surface area (Å²) in [5, 5.41) is 3.24. The van der Waals surface area contributed by atoms with Gasteiger partial charge in [-0.25, -0.2) is 8.42 Å². The van der Waals surface area contributed by atoms with Crippen LogP contribution in [-0.2, 0) is 32.6 Å². The zero-order chi connectivity index (χ0) is 30.3. The van der Waals surface area contributed by atoms with Crippen molar-refractivity contribution in [2.24, 2.45) is 0 Å². The Labute approximate surface area is 251 Å². The van der Waals surface area contributed by atoms with Crippen LogP contribution in [0.5, 0.6) is 0 Å². The maximum absolute atomic E-state index is 14.3. The number of benzene rings is 3. The van der Waals surface area contributed by atoms with Gasteiger partial charge in [0.25, 0.3) is 0 Å². The molecule has 3 aromatic rings. The van der Waals surface area contributed by atoms with Crippen LogP contribution in [0, 0.1) is 20.8 Å². The Balaban J connectivity index is 1.74. The summed E-state index contributed by atoms with van der Waals surface area (Å²) in [6, 6.07) is 22.2. The van der Waals surface area contributed by atoms with E-state index in [0.29, 0.717) is 12.1 Å². The maximum Gasteiger partial charge on any atom is 0.244 e. The van der Waals surface area contributed by atoms with Crippen LogP contribution in [0.4, 0.5) is 5.69 Å². The minimum atomic E-state index is -3.80. The predicted molar refractivity (Wildman–Crippen MR) is 169 cm³/mol. The van der Waals surface area contributed by atoms with Crippen molar-refractivity contribution in [1.29, 1.82) is 0 Å². The van der Waals surface area contributed by atoms with E-state index in [1.165, 1.54) is 0 Å². The smallest absolute Gasteiger partial charge is 0.244 e. The highest BCUT2D eigenvalue weighted by Gasteiger charge is 2.34. The van der Waals surface area contributed by atoms with E-state index in [0.717, 1.165) is 70.5 Å². The van der Waals surface area contributed by atoms with Crippen molar-refractivity contribution in [3.63, 3.8) is 0 Å². The van der Waals surface area contributed by atoms with Gasteiger partial charge in [0.05, 0.1) is 11.9 Å². The molecule has 7 nitrogen and oxygen atoms in total. The van der Waals surface area contributed by atoms with E-state index < -0.39 is 28.5 Å². The normalized spacial score (nSPS) is 14.7. The van der Waals surface area contributed by atoms with Gasteiger partial charge < -0.3 is 10.2 Å². The van der Waals surface area contributed by atoms with E-state index in [-0.39, 0.29) is 18.5 Å². The summed E-state index contributed by atoms with van der Waals surface area (Å²) >= 11 is 0. The van der Waals surface area contributed by atoms with Gasteiger partial charge in [0.2, 0.25) is 21.8 Å². The minimum Gasteiger partial charge on any atom is -0.352 e. The number of carbonyl (C=O) groups excluding carboxylic acids is 2. The summed E-state index contributed by atoms with van der Waals surface area (Å²) in [5.41, 5.74) is 5.06. The molecular formula is C34H43N3O4S. The number of amides is 2. The van der Waals surface area contributed by atoms with Crippen LogP contribution in [0.25, 0.3) is 0 Å². The SMILES string of the molecule is Cc1cccc(CN(C(=O)CN(c2ccc(C)cc2C)S(C)(=O)=O)[C@@H](Cc2ccccc2)C(=O)NC2CCCCC2)c1. The summed E-state index contributed by atoms with van der Waals surface area (Å²) in [7, 11) is -3.80. The number of sulfonamides is 1. The zero-order valence-electron chi connectivity index (χ0n) is 25.2. The Kier molecular flexibility index (Phi) is 10.4. The first-order valence-corrected chi connectivity index (χ1v) is 16.6. The molecule has 1 saturated carbocycles. The number of anilines is 1. The first kappa shape index (κ1) is 31.3. The van der Waals surface area contributed by atoms with Gasteiger partial charge in [-0.2, -0.15) is 0 Å². The van der Waals surface area contributed by atoms with Gasteiger partial charge in [0.1, 0.15) is 12.6 Å². The van der Waals surface area contributed by atoms with Gasteiger partial charge in [-0.1, -0.05) is 97.1 Å². The third-order valence-corrected chi connectivity index (χ3v) is 9.08. The van der Waals surface area contributed by atoms with Crippen LogP contribution < -0.4 is 9.62 Å². The van der Waals surface area contributed by atoms with Crippen LogP contribution in [0.1, 0.15) is 59.9 Å². The standard InChI is InChI=1S/C34H43N3O4S/c1-25-12-11-15-29(21-25)23-36(33(38)24-37(42(4,40)41)31-19-18-26(2)20-27(31)3)32(22-28-13-7-5-8-14-28)34(39)35-30-16-9-6-10-17-30/h5,7-8,11-15,18-21,30,32H,6,9-10,16-17,22-24H2,1-4H3,(H,35,39)/t32-/m0/s1.